The Morgan fingerprint density at radius 2 is 1.69 bits per heavy atom. The average molecular weight is 446 g/mol. The van der Waals surface area contributed by atoms with Gasteiger partial charge in [0.1, 0.15) is 5.82 Å². The van der Waals surface area contributed by atoms with Crippen LogP contribution < -0.4 is 5.32 Å². The summed E-state index contributed by atoms with van der Waals surface area (Å²) in [6.07, 6.45) is 2.09. The summed E-state index contributed by atoms with van der Waals surface area (Å²) in [4.78, 5) is 46.1. The third-order valence-electron chi connectivity index (χ3n) is 7.61. The number of benzene rings is 1. The highest BCUT2D eigenvalue weighted by molar-refractivity contribution is 5.90. The second-order valence-electron chi connectivity index (χ2n) is 9.45. The van der Waals surface area contributed by atoms with Crippen molar-refractivity contribution in [2.24, 2.45) is 10.8 Å². The average Bonchev–Trinajstić information content (AvgIpc) is 3.27. The molecule has 2 spiro atoms. The summed E-state index contributed by atoms with van der Waals surface area (Å²) in [6, 6.07) is 5.39. The quantitative estimate of drug-likeness (QED) is 0.761. The minimum absolute atomic E-state index is 0.0690. The van der Waals surface area contributed by atoms with Crippen LogP contribution in [0.25, 0.3) is 0 Å². The Bertz CT molecular complexity index is 897. The van der Waals surface area contributed by atoms with E-state index in [4.69, 9.17) is 0 Å². The fraction of sp³-hybridized carbons (Fsp3) is 0.609. The minimum Gasteiger partial charge on any atom is -0.342 e. The summed E-state index contributed by atoms with van der Waals surface area (Å²) < 4.78 is 13.1. The number of fused-ring (bicyclic) bond motifs is 1. The highest BCUT2D eigenvalue weighted by Gasteiger charge is 2.66. The van der Waals surface area contributed by atoms with E-state index in [1.165, 1.54) is 24.3 Å². The van der Waals surface area contributed by atoms with E-state index in [0.29, 0.717) is 51.3 Å². The van der Waals surface area contributed by atoms with Gasteiger partial charge in [-0.1, -0.05) is 0 Å². The van der Waals surface area contributed by atoms with Crippen molar-refractivity contribution in [1.82, 2.24) is 19.6 Å². The molecule has 3 fully saturated rings. The Hall–Kier alpha value is -2.84. The summed E-state index contributed by atoms with van der Waals surface area (Å²) in [6.45, 7) is 5.39. The predicted molar refractivity (Wildman–Crippen MR) is 119 cm³/mol. The first-order chi connectivity index (χ1) is 15.2. The van der Waals surface area contributed by atoms with E-state index in [1.807, 2.05) is 16.7 Å². The Balaban J connectivity index is 1.51. The lowest BCUT2D eigenvalue weighted by atomic mass is 9.60. The SMILES string of the molecule is CCN1CCC2(CN(C(=O)N(C)C)CC23CCN(C(=O)Nc2ccc(F)cc2)CC3)C1=O. The summed E-state index contributed by atoms with van der Waals surface area (Å²) in [7, 11) is 3.47. The van der Waals surface area contributed by atoms with Crippen LogP contribution in [0, 0.1) is 16.6 Å². The molecular formula is C23H32FN5O3. The maximum absolute atomic E-state index is 13.5. The first-order valence-electron chi connectivity index (χ1n) is 11.3. The molecule has 0 saturated carbocycles. The zero-order valence-electron chi connectivity index (χ0n) is 19.1. The number of urea groups is 2. The van der Waals surface area contributed by atoms with E-state index < -0.39 is 5.41 Å². The normalized spacial score (nSPS) is 24.5. The smallest absolute Gasteiger partial charge is 0.321 e. The molecule has 1 aromatic carbocycles. The lowest BCUT2D eigenvalue weighted by Crippen LogP contribution is -2.54. The van der Waals surface area contributed by atoms with Gasteiger partial charge < -0.3 is 24.9 Å². The van der Waals surface area contributed by atoms with Crippen LogP contribution in [0.1, 0.15) is 26.2 Å². The molecule has 9 heteroatoms. The number of hydrogen-bond donors (Lipinski definition) is 1. The van der Waals surface area contributed by atoms with Gasteiger partial charge in [0.25, 0.3) is 0 Å². The van der Waals surface area contributed by atoms with Crippen LogP contribution in [0.15, 0.2) is 24.3 Å². The maximum atomic E-state index is 13.5. The third kappa shape index (κ3) is 3.57. The number of carbonyl (C=O) groups excluding carboxylic acids is 3. The van der Waals surface area contributed by atoms with Gasteiger partial charge >= 0.3 is 12.1 Å². The Morgan fingerprint density at radius 1 is 1.03 bits per heavy atom. The van der Waals surface area contributed by atoms with Crippen LogP contribution in [0.2, 0.25) is 0 Å². The van der Waals surface area contributed by atoms with Gasteiger partial charge in [-0.05, 0) is 50.5 Å². The van der Waals surface area contributed by atoms with E-state index in [0.717, 1.165) is 13.0 Å². The molecule has 1 aromatic rings. The number of anilines is 1. The number of rotatable bonds is 2. The lowest BCUT2D eigenvalue weighted by Gasteiger charge is -2.46. The molecule has 1 atom stereocenters. The highest BCUT2D eigenvalue weighted by Crippen LogP contribution is 2.58. The van der Waals surface area contributed by atoms with Gasteiger partial charge in [-0.15, -0.1) is 0 Å². The van der Waals surface area contributed by atoms with Gasteiger partial charge in [0.05, 0.1) is 5.41 Å². The molecule has 32 heavy (non-hydrogen) atoms. The van der Waals surface area contributed by atoms with Crippen LogP contribution in [-0.2, 0) is 4.79 Å². The van der Waals surface area contributed by atoms with Gasteiger partial charge in [-0.25, -0.2) is 14.0 Å². The summed E-state index contributed by atoms with van der Waals surface area (Å²) >= 11 is 0. The van der Waals surface area contributed by atoms with E-state index in [-0.39, 0.29) is 29.2 Å². The lowest BCUT2D eigenvalue weighted by molar-refractivity contribution is -0.141. The van der Waals surface area contributed by atoms with Gasteiger partial charge in [0, 0.05) is 64.5 Å². The number of nitrogens with zero attached hydrogens (tertiary/aromatic N) is 4. The number of hydrogen-bond acceptors (Lipinski definition) is 3. The van der Waals surface area contributed by atoms with Crippen LogP contribution in [0.4, 0.5) is 19.7 Å². The molecule has 174 valence electrons. The molecule has 0 radical (unpaired) electrons. The van der Waals surface area contributed by atoms with Crippen molar-refractivity contribution in [2.45, 2.75) is 26.2 Å². The minimum atomic E-state index is -0.575. The van der Waals surface area contributed by atoms with Crippen LogP contribution in [-0.4, -0.2) is 90.9 Å². The van der Waals surface area contributed by atoms with Gasteiger partial charge in [0.15, 0.2) is 0 Å². The first-order valence-corrected chi connectivity index (χ1v) is 11.3. The fourth-order valence-electron chi connectivity index (χ4n) is 5.77. The van der Waals surface area contributed by atoms with E-state index >= 15 is 0 Å². The molecule has 3 saturated heterocycles. The van der Waals surface area contributed by atoms with Gasteiger partial charge in [-0.3, -0.25) is 4.79 Å². The highest BCUT2D eigenvalue weighted by atomic mass is 19.1. The Labute approximate surface area is 188 Å². The summed E-state index contributed by atoms with van der Waals surface area (Å²) in [5.41, 5.74) is -0.359. The molecule has 3 aliphatic heterocycles. The number of halogens is 1. The van der Waals surface area contributed by atoms with Crippen molar-refractivity contribution in [3.8, 4) is 0 Å². The van der Waals surface area contributed by atoms with Gasteiger partial charge in [0.2, 0.25) is 5.91 Å². The molecule has 0 aliphatic carbocycles. The summed E-state index contributed by atoms with van der Waals surface area (Å²) in [5.74, 6) is -0.202. The topological polar surface area (TPSA) is 76.2 Å². The second-order valence-corrected chi connectivity index (χ2v) is 9.45. The molecule has 3 heterocycles. The molecule has 0 bridgehead atoms. The maximum Gasteiger partial charge on any atom is 0.321 e. The number of likely N-dealkylation sites (tertiary alicyclic amines) is 3. The third-order valence-corrected chi connectivity index (χ3v) is 7.61. The summed E-state index contributed by atoms with van der Waals surface area (Å²) in [5, 5.41) is 2.82. The molecular weight excluding hydrogens is 413 g/mol. The molecule has 4 rings (SSSR count). The van der Waals surface area contributed by atoms with E-state index in [9.17, 15) is 18.8 Å². The van der Waals surface area contributed by atoms with E-state index in [2.05, 4.69) is 5.32 Å². The molecule has 0 aromatic heterocycles. The zero-order chi connectivity index (χ0) is 23.1. The second kappa shape index (κ2) is 8.26. The van der Waals surface area contributed by atoms with Crippen molar-refractivity contribution < 1.29 is 18.8 Å². The number of piperidine rings is 1. The van der Waals surface area contributed by atoms with Crippen molar-refractivity contribution in [1.29, 1.82) is 0 Å². The van der Waals surface area contributed by atoms with Crippen molar-refractivity contribution in [3.05, 3.63) is 30.1 Å². The van der Waals surface area contributed by atoms with Crippen LogP contribution in [0.3, 0.4) is 0 Å². The van der Waals surface area contributed by atoms with Crippen LogP contribution >= 0.6 is 0 Å². The molecule has 1 unspecified atom stereocenters. The number of amides is 5. The Kier molecular flexibility index (Phi) is 5.77. The predicted octanol–water partition coefficient (Wildman–Crippen LogP) is 2.68. The first kappa shape index (κ1) is 22.4. The monoisotopic (exact) mass is 445 g/mol. The largest absolute Gasteiger partial charge is 0.342 e. The van der Waals surface area contributed by atoms with Crippen molar-refractivity contribution in [2.75, 3.05) is 58.7 Å². The molecule has 1 N–H and O–H groups in total. The number of nitrogens with one attached hydrogen (secondary N) is 1. The van der Waals surface area contributed by atoms with E-state index in [1.54, 1.807) is 23.9 Å². The zero-order valence-corrected chi connectivity index (χ0v) is 19.1. The van der Waals surface area contributed by atoms with Crippen molar-refractivity contribution in [3.63, 3.8) is 0 Å². The van der Waals surface area contributed by atoms with Crippen LogP contribution in [0.5, 0.6) is 0 Å². The molecule has 5 amide bonds. The Morgan fingerprint density at radius 3 is 2.25 bits per heavy atom. The number of carbonyl (C=O) groups is 3. The molecule has 3 aliphatic rings. The molecule has 8 nitrogen and oxygen atoms in total. The standard InChI is InChI=1S/C23H32FN5O3/c1-4-27-14-11-23(19(27)30)16-29(21(32)26(2)3)15-22(23)9-12-28(13-10-22)20(31)25-18-7-5-17(24)6-8-18/h5-8H,4,9-16H2,1-3H3,(H,25,31). The fourth-order valence-corrected chi connectivity index (χ4v) is 5.77. The van der Waals surface area contributed by atoms with Gasteiger partial charge in [-0.2, -0.15) is 0 Å². The van der Waals surface area contributed by atoms with Crippen molar-refractivity contribution >= 4 is 23.7 Å².